The topological polar surface area (TPSA) is 79.4 Å². The number of carbonyl (C=O) groups excluding carboxylic acids is 3. The number of hydrogen-bond donors (Lipinski definition) is 0. The summed E-state index contributed by atoms with van der Waals surface area (Å²) in [7, 11) is 0. The number of nitrogens with zero attached hydrogens (tertiary/aromatic N) is 3. The molecule has 0 aliphatic carbocycles. The van der Waals surface area contributed by atoms with Crippen LogP contribution in [0.5, 0.6) is 0 Å². The lowest BCUT2D eigenvalue weighted by Gasteiger charge is -2.36. The van der Waals surface area contributed by atoms with Gasteiger partial charge < -0.3 is 19.3 Å². The Bertz CT molecular complexity index is 756. The largest absolute Gasteiger partial charge is 0.462 e. The molecule has 3 amide bonds. The van der Waals surface area contributed by atoms with Crippen LogP contribution < -0.4 is 4.90 Å². The molecule has 0 spiro atoms. The lowest BCUT2D eigenvalue weighted by molar-refractivity contribution is 0.0128. The minimum absolute atomic E-state index is 0.0847. The SMILES string of the molecule is CCOC(=O)c1ccc(N2C[C@@H]3CN(C(=O)OC(C)(C)C)CCN3C2=O)cc1. The Morgan fingerprint density at radius 3 is 2.39 bits per heavy atom. The summed E-state index contributed by atoms with van der Waals surface area (Å²) in [6, 6.07) is 6.63. The highest BCUT2D eigenvalue weighted by Crippen LogP contribution is 2.27. The maximum atomic E-state index is 12.8. The summed E-state index contributed by atoms with van der Waals surface area (Å²) in [5.41, 5.74) is 0.620. The molecule has 0 N–H and O–H groups in total. The van der Waals surface area contributed by atoms with Crippen molar-refractivity contribution in [2.45, 2.75) is 39.3 Å². The van der Waals surface area contributed by atoms with Crippen LogP contribution in [0, 0.1) is 0 Å². The van der Waals surface area contributed by atoms with Crippen molar-refractivity contribution in [1.29, 1.82) is 0 Å². The highest BCUT2D eigenvalue weighted by Gasteiger charge is 2.42. The summed E-state index contributed by atoms with van der Waals surface area (Å²) in [5.74, 6) is -0.382. The number of anilines is 1. The van der Waals surface area contributed by atoms with E-state index in [1.54, 1.807) is 45.9 Å². The first-order chi connectivity index (χ1) is 13.2. The van der Waals surface area contributed by atoms with Gasteiger partial charge in [-0.25, -0.2) is 14.4 Å². The third-order valence-corrected chi connectivity index (χ3v) is 4.69. The van der Waals surface area contributed by atoms with Gasteiger partial charge in [0.15, 0.2) is 0 Å². The molecule has 2 fully saturated rings. The van der Waals surface area contributed by atoms with Gasteiger partial charge in [0, 0.05) is 31.9 Å². The van der Waals surface area contributed by atoms with Gasteiger partial charge in [0.1, 0.15) is 5.60 Å². The standard InChI is InChI=1S/C20H27N3O5/c1-5-27-17(24)14-6-8-15(9-7-14)23-13-16-12-21(10-11-22(16)18(23)25)19(26)28-20(2,3)4/h6-9,16H,5,10-13H2,1-4H3/t16-/m0/s1. The third kappa shape index (κ3) is 4.21. The van der Waals surface area contributed by atoms with E-state index in [0.717, 1.165) is 5.69 Å². The average Bonchev–Trinajstić information content (AvgIpc) is 2.97. The molecule has 0 bridgehead atoms. The van der Waals surface area contributed by atoms with Crippen molar-refractivity contribution in [1.82, 2.24) is 9.80 Å². The van der Waals surface area contributed by atoms with Crippen LogP contribution in [0.4, 0.5) is 15.3 Å². The predicted octanol–water partition coefficient (Wildman–Crippen LogP) is 2.72. The fraction of sp³-hybridized carbons (Fsp3) is 0.550. The quantitative estimate of drug-likeness (QED) is 0.743. The van der Waals surface area contributed by atoms with E-state index >= 15 is 0 Å². The second-order valence-electron chi connectivity index (χ2n) is 7.93. The second kappa shape index (κ2) is 7.69. The van der Waals surface area contributed by atoms with Crippen LogP contribution in [-0.2, 0) is 9.47 Å². The molecular formula is C20H27N3O5. The molecule has 3 rings (SSSR count). The Balaban J connectivity index is 1.67. The molecule has 2 saturated heterocycles. The van der Waals surface area contributed by atoms with Crippen LogP contribution in [0.1, 0.15) is 38.1 Å². The molecule has 152 valence electrons. The maximum Gasteiger partial charge on any atom is 0.410 e. The molecular weight excluding hydrogens is 362 g/mol. The summed E-state index contributed by atoms with van der Waals surface area (Å²) >= 11 is 0. The number of urea groups is 1. The Labute approximate surface area is 165 Å². The molecule has 0 aromatic heterocycles. The molecule has 8 nitrogen and oxygen atoms in total. The zero-order valence-corrected chi connectivity index (χ0v) is 16.8. The van der Waals surface area contributed by atoms with Gasteiger partial charge in [-0.1, -0.05) is 0 Å². The Hall–Kier alpha value is -2.77. The molecule has 28 heavy (non-hydrogen) atoms. The van der Waals surface area contributed by atoms with Crippen LogP contribution >= 0.6 is 0 Å². The number of hydrogen-bond acceptors (Lipinski definition) is 5. The lowest BCUT2D eigenvalue weighted by Crippen LogP contribution is -2.54. The summed E-state index contributed by atoms with van der Waals surface area (Å²) < 4.78 is 10.4. The van der Waals surface area contributed by atoms with Gasteiger partial charge in [0.05, 0.1) is 18.2 Å². The van der Waals surface area contributed by atoms with Gasteiger partial charge >= 0.3 is 18.1 Å². The predicted molar refractivity (Wildman–Crippen MR) is 103 cm³/mol. The van der Waals surface area contributed by atoms with Crippen molar-refractivity contribution in [2.24, 2.45) is 0 Å². The zero-order chi connectivity index (χ0) is 20.5. The minimum Gasteiger partial charge on any atom is -0.462 e. The van der Waals surface area contributed by atoms with Crippen LogP contribution in [0.2, 0.25) is 0 Å². The molecule has 1 aromatic rings. The van der Waals surface area contributed by atoms with E-state index in [1.165, 1.54) is 0 Å². The summed E-state index contributed by atoms with van der Waals surface area (Å²) in [5, 5.41) is 0. The third-order valence-electron chi connectivity index (χ3n) is 4.69. The Kier molecular flexibility index (Phi) is 5.49. The molecule has 8 heteroatoms. The highest BCUT2D eigenvalue weighted by atomic mass is 16.6. The summed E-state index contributed by atoms with van der Waals surface area (Å²) in [6.45, 7) is 9.43. The van der Waals surface area contributed by atoms with Gasteiger partial charge in [-0.3, -0.25) is 4.90 Å². The monoisotopic (exact) mass is 389 g/mol. The van der Waals surface area contributed by atoms with Crippen LogP contribution in [0.15, 0.2) is 24.3 Å². The van der Waals surface area contributed by atoms with Crippen LogP contribution in [0.25, 0.3) is 0 Å². The first kappa shape index (κ1) is 20.0. The Morgan fingerprint density at radius 1 is 1.11 bits per heavy atom. The highest BCUT2D eigenvalue weighted by molar-refractivity contribution is 5.96. The number of esters is 1. The number of ether oxygens (including phenoxy) is 2. The number of carbonyl (C=O) groups is 3. The number of rotatable bonds is 3. The van der Waals surface area contributed by atoms with Crippen LogP contribution in [0.3, 0.4) is 0 Å². The molecule has 0 radical (unpaired) electrons. The van der Waals surface area contributed by atoms with Crippen molar-refractivity contribution in [2.75, 3.05) is 37.7 Å². The molecule has 2 heterocycles. The fourth-order valence-electron chi connectivity index (χ4n) is 3.41. The Morgan fingerprint density at radius 2 is 1.79 bits per heavy atom. The van der Waals surface area contributed by atoms with Crippen molar-refractivity contribution < 1.29 is 23.9 Å². The fourth-order valence-corrected chi connectivity index (χ4v) is 3.41. The number of amides is 3. The van der Waals surface area contributed by atoms with Gasteiger partial charge in [0.25, 0.3) is 0 Å². The van der Waals surface area contributed by atoms with Gasteiger partial charge in [-0.05, 0) is 52.0 Å². The van der Waals surface area contributed by atoms with E-state index in [1.807, 2.05) is 20.8 Å². The van der Waals surface area contributed by atoms with Gasteiger partial charge in [-0.15, -0.1) is 0 Å². The first-order valence-electron chi connectivity index (χ1n) is 9.53. The van der Waals surface area contributed by atoms with Gasteiger partial charge in [-0.2, -0.15) is 0 Å². The number of piperazine rings is 1. The summed E-state index contributed by atoms with van der Waals surface area (Å²) in [6.07, 6.45) is -0.350. The minimum atomic E-state index is -0.549. The van der Waals surface area contributed by atoms with Crippen LogP contribution in [-0.4, -0.2) is 72.3 Å². The van der Waals surface area contributed by atoms with E-state index in [2.05, 4.69) is 0 Å². The summed E-state index contributed by atoms with van der Waals surface area (Å²) in [4.78, 5) is 42.0. The molecule has 0 unspecified atom stereocenters. The first-order valence-corrected chi connectivity index (χ1v) is 9.53. The lowest BCUT2D eigenvalue weighted by atomic mass is 10.2. The smallest absolute Gasteiger partial charge is 0.410 e. The van der Waals surface area contributed by atoms with Gasteiger partial charge in [0.2, 0.25) is 0 Å². The van der Waals surface area contributed by atoms with E-state index in [-0.39, 0.29) is 24.1 Å². The van der Waals surface area contributed by atoms with E-state index in [9.17, 15) is 14.4 Å². The molecule has 1 atom stereocenters. The average molecular weight is 389 g/mol. The number of benzene rings is 1. The van der Waals surface area contributed by atoms with Crippen molar-refractivity contribution in [3.05, 3.63) is 29.8 Å². The maximum absolute atomic E-state index is 12.8. The molecule has 1 aromatic carbocycles. The second-order valence-corrected chi connectivity index (χ2v) is 7.93. The molecule has 2 aliphatic heterocycles. The number of fused-ring (bicyclic) bond motifs is 1. The van der Waals surface area contributed by atoms with Crippen molar-refractivity contribution >= 4 is 23.8 Å². The molecule has 0 saturated carbocycles. The van der Waals surface area contributed by atoms with E-state index in [4.69, 9.17) is 9.47 Å². The zero-order valence-electron chi connectivity index (χ0n) is 16.8. The van der Waals surface area contributed by atoms with Crippen molar-refractivity contribution in [3.8, 4) is 0 Å². The van der Waals surface area contributed by atoms with Crippen molar-refractivity contribution in [3.63, 3.8) is 0 Å². The molecule has 2 aliphatic rings. The van der Waals surface area contributed by atoms with E-state index < -0.39 is 5.60 Å². The normalized spacial score (nSPS) is 19.5. The van der Waals surface area contributed by atoms with E-state index in [0.29, 0.717) is 38.3 Å².